The first-order chi connectivity index (χ1) is 9.22. The molecule has 0 amide bonds. The van der Waals surface area contributed by atoms with Gasteiger partial charge >= 0.3 is 0 Å². The summed E-state index contributed by atoms with van der Waals surface area (Å²) in [6, 6.07) is 15.3. The van der Waals surface area contributed by atoms with Crippen LogP contribution in [0.1, 0.15) is 16.7 Å². The van der Waals surface area contributed by atoms with Gasteiger partial charge in [-0.1, -0.05) is 35.9 Å². The van der Waals surface area contributed by atoms with Crippen molar-refractivity contribution in [1.29, 1.82) is 0 Å². The quantitative estimate of drug-likeness (QED) is 0.783. The van der Waals surface area contributed by atoms with Crippen LogP contribution < -0.4 is 0 Å². The van der Waals surface area contributed by atoms with Crippen LogP contribution in [0.3, 0.4) is 0 Å². The predicted molar refractivity (Wildman–Crippen MR) is 79.7 cm³/mol. The average molecular weight is 290 g/mol. The highest BCUT2D eigenvalue weighted by atomic mass is 35.5. The van der Waals surface area contributed by atoms with E-state index in [0.717, 1.165) is 20.8 Å². The van der Waals surface area contributed by atoms with E-state index in [-0.39, 0.29) is 0 Å². The largest absolute Gasteiger partial charge is 0.388 e. The molecule has 2 aromatic carbocycles. The molecule has 0 fully saturated rings. The van der Waals surface area contributed by atoms with Gasteiger partial charge in [0.05, 0.1) is 21.3 Å². The molecular weight excluding hydrogens is 278 g/mol. The number of hydrogen-bond donors (Lipinski definition) is 1. The van der Waals surface area contributed by atoms with Gasteiger partial charge in [-0.15, -0.1) is 11.3 Å². The summed E-state index contributed by atoms with van der Waals surface area (Å²) in [6.45, 7) is 0. The van der Waals surface area contributed by atoms with Gasteiger partial charge in [0.2, 0.25) is 0 Å². The molecule has 2 nitrogen and oxygen atoms in total. The molecule has 19 heavy (non-hydrogen) atoms. The Morgan fingerprint density at radius 1 is 1.11 bits per heavy atom. The number of aliphatic hydroxyl groups is 1. The molecular formula is C15H12ClNOS. The molecule has 0 aliphatic rings. The first-order valence-electron chi connectivity index (χ1n) is 6.00. The Balaban J connectivity index is 1.82. The Morgan fingerprint density at radius 2 is 1.84 bits per heavy atom. The fourth-order valence-corrected chi connectivity index (χ4v) is 3.11. The highest BCUT2D eigenvalue weighted by molar-refractivity contribution is 7.18. The molecule has 0 bridgehead atoms. The third kappa shape index (κ3) is 2.78. The molecule has 3 rings (SSSR count). The minimum Gasteiger partial charge on any atom is -0.388 e. The summed E-state index contributed by atoms with van der Waals surface area (Å²) >= 11 is 7.46. The van der Waals surface area contributed by atoms with Crippen molar-refractivity contribution in [2.75, 3.05) is 0 Å². The lowest BCUT2D eigenvalue weighted by molar-refractivity contribution is 0.178. The van der Waals surface area contributed by atoms with Gasteiger partial charge in [-0.2, -0.15) is 0 Å². The van der Waals surface area contributed by atoms with E-state index >= 15 is 0 Å². The molecule has 0 saturated carbocycles. The summed E-state index contributed by atoms with van der Waals surface area (Å²) in [4.78, 5) is 4.53. The Bertz CT molecular complexity index is 660. The fourth-order valence-electron chi connectivity index (χ4n) is 1.98. The summed E-state index contributed by atoms with van der Waals surface area (Å²) < 4.78 is 1.15. The van der Waals surface area contributed by atoms with Crippen molar-refractivity contribution in [2.45, 2.75) is 12.5 Å². The van der Waals surface area contributed by atoms with E-state index in [9.17, 15) is 5.11 Å². The highest BCUT2D eigenvalue weighted by Gasteiger charge is 2.12. The zero-order chi connectivity index (χ0) is 13.2. The van der Waals surface area contributed by atoms with Gasteiger partial charge in [0.25, 0.3) is 0 Å². The topological polar surface area (TPSA) is 33.1 Å². The SMILES string of the molecule is OC(Cc1nc2ccccc2s1)c1ccc(Cl)cc1. The molecule has 0 saturated heterocycles. The van der Waals surface area contributed by atoms with E-state index < -0.39 is 6.10 Å². The second-order valence-corrected chi connectivity index (χ2v) is 5.90. The van der Waals surface area contributed by atoms with E-state index in [2.05, 4.69) is 4.98 Å². The Labute approximate surface area is 120 Å². The molecule has 1 aromatic heterocycles. The number of benzene rings is 2. The number of aromatic nitrogens is 1. The van der Waals surface area contributed by atoms with Crippen LogP contribution in [-0.4, -0.2) is 10.1 Å². The molecule has 0 aliphatic heterocycles. The minimum absolute atomic E-state index is 0.529. The number of rotatable bonds is 3. The van der Waals surface area contributed by atoms with Crippen molar-refractivity contribution < 1.29 is 5.11 Å². The maximum atomic E-state index is 10.2. The zero-order valence-electron chi connectivity index (χ0n) is 10.1. The van der Waals surface area contributed by atoms with Crippen molar-refractivity contribution in [1.82, 2.24) is 4.98 Å². The molecule has 0 aliphatic carbocycles. The van der Waals surface area contributed by atoms with E-state index in [4.69, 9.17) is 11.6 Å². The third-order valence-corrected chi connectivity index (χ3v) is 4.27. The van der Waals surface area contributed by atoms with Gasteiger partial charge in [-0.3, -0.25) is 0 Å². The molecule has 1 heterocycles. The summed E-state index contributed by atoms with van der Waals surface area (Å²) in [5.74, 6) is 0. The van der Waals surface area contributed by atoms with Crippen molar-refractivity contribution in [3.63, 3.8) is 0 Å². The molecule has 0 spiro atoms. The van der Waals surface area contributed by atoms with Gasteiger partial charge in [0.15, 0.2) is 0 Å². The lowest BCUT2D eigenvalue weighted by Crippen LogP contribution is -2.01. The van der Waals surface area contributed by atoms with Crippen LogP contribution in [0.4, 0.5) is 0 Å². The van der Waals surface area contributed by atoms with Crippen LogP contribution in [0.25, 0.3) is 10.2 Å². The monoisotopic (exact) mass is 289 g/mol. The number of para-hydroxylation sites is 1. The second-order valence-electron chi connectivity index (χ2n) is 4.35. The average Bonchev–Trinajstić information content (AvgIpc) is 2.81. The normalized spacial score (nSPS) is 12.7. The van der Waals surface area contributed by atoms with Gasteiger partial charge in [-0.05, 0) is 29.8 Å². The summed E-state index contributed by atoms with van der Waals surface area (Å²) in [5.41, 5.74) is 1.86. The fraction of sp³-hybridized carbons (Fsp3) is 0.133. The van der Waals surface area contributed by atoms with Gasteiger partial charge in [0, 0.05) is 11.4 Å². The number of aliphatic hydroxyl groups excluding tert-OH is 1. The Hall–Kier alpha value is -1.42. The number of nitrogens with zero attached hydrogens (tertiary/aromatic N) is 1. The van der Waals surface area contributed by atoms with Crippen LogP contribution in [0, 0.1) is 0 Å². The van der Waals surface area contributed by atoms with E-state index in [1.165, 1.54) is 0 Å². The van der Waals surface area contributed by atoms with Crippen LogP contribution in [0.5, 0.6) is 0 Å². The van der Waals surface area contributed by atoms with Gasteiger partial charge < -0.3 is 5.11 Å². The van der Waals surface area contributed by atoms with Crippen molar-refractivity contribution in [3.05, 3.63) is 64.1 Å². The van der Waals surface area contributed by atoms with Crippen molar-refractivity contribution >= 4 is 33.2 Å². The first-order valence-corrected chi connectivity index (χ1v) is 7.20. The van der Waals surface area contributed by atoms with Crippen LogP contribution in [-0.2, 0) is 6.42 Å². The standard InChI is InChI=1S/C15H12ClNOS/c16-11-7-5-10(6-8-11)13(18)9-15-17-12-3-1-2-4-14(12)19-15/h1-8,13,18H,9H2. The van der Waals surface area contributed by atoms with E-state index in [1.807, 2.05) is 36.4 Å². The molecule has 3 aromatic rings. The molecule has 0 radical (unpaired) electrons. The molecule has 1 N–H and O–H groups in total. The van der Waals surface area contributed by atoms with E-state index in [0.29, 0.717) is 11.4 Å². The number of hydrogen-bond acceptors (Lipinski definition) is 3. The lowest BCUT2D eigenvalue weighted by Gasteiger charge is -2.08. The molecule has 1 atom stereocenters. The van der Waals surface area contributed by atoms with Crippen molar-refractivity contribution in [3.8, 4) is 0 Å². The smallest absolute Gasteiger partial charge is 0.0967 e. The molecule has 1 unspecified atom stereocenters. The van der Waals surface area contributed by atoms with Crippen LogP contribution in [0.15, 0.2) is 48.5 Å². The van der Waals surface area contributed by atoms with Crippen LogP contribution >= 0.6 is 22.9 Å². The summed E-state index contributed by atoms with van der Waals surface area (Å²) in [5, 5.41) is 11.8. The lowest BCUT2D eigenvalue weighted by atomic mass is 10.1. The van der Waals surface area contributed by atoms with Gasteiger partial charge in [-0.25, -0.2) is 4.98 Å². The highest BCUT2D eigenvalue weighted by Crippen LogP contribution is 2.26. The third-order valence-electron chi connectivity index (χ3n) is 2.96. The number of thiazole rings is 1. The maximum Gasteiger partial charge on any atom is 0.0967 e. The summed E-state index contributed by atoms with van der Waals surface area (Å²) in [6.07, 6.45) is -0.0149. The van der Waals surface area contributed by atoms with Crippen molar-refractivity contribution in [2.24, 2.45) is 0 Å². The maximum absolute atomic E-state index is 10.2. The van der Waals surface area contributed by atoms with Crippen LogP contribution in [0.2, 0.25) is 5.02 Å². The Morgan fingerprint density at radius 3 is 2.58 bits per heavy atom. The second kappa shape index (κ2) is 5.29. The minimum atomic E-state index is -0.544. The molecule has 4 heteroatoms. The Kier molecular flexibility index (Phi) is 3.51. The number of halogens is 1. The molecule has 96 valence electrons. The predicted octanol–water partition coefficient (Wildman–Crippen LogP) is 4.23. The van der Waals surface area contributed by atoms with Gasteiger partial charge in [0.1, 0.15) is 0 Å². The summed E-state index contributed by atoms with van der Waals surface area (Å²) in [7, 11) is 0. The zero-order valence-corrected chi connectivity index (χ0v) is 11.7. The first kappa shape index (κ1) is 12.6. The van der Waals surface area contributed by atoms with E-state index in [1.54, 1.807) is 23.5 Å². The number of fused-ring (bicyclic) bond motifs is 1.